The topological polar surface area (TPSA) is 58.3 Å². The summed E-state index contributed by atoms with van der Waals surface area (Å²) in [6.07, 6.45) is -3.32. The molecular formula is C13H16ClF3N2O. The number of alkyl halides is 3. The maximum Gasteiger partial charge on any atom is 0.418 e. The molecule has 0 aromatic heterocycles. The van der Waals surface area contributed by atoms with E-state index in [1.54, 1.807) is 0 Å². The van der Waals surface area contributed by atoms with Gasteiger partial charge in [-0.25, -0.2) is 0 Å². The first-order chi connectivity index (χ1) is 9.29. The van der Waals surface area contributed by atoms with Gasteiger partial charge in [0.05, 0.1) is 22.4 Å². The first kappa shape index (κ1) is 15.4. The van der Waals surface area contributed by atoms with Crippen LogP contribution in [0.1, 0.15) is 30.1 Å². The molecule has 1 atom stereocenters. The molecule has 0 amide bonds. The Bertz CT molecular complexity index is 489. The third-order valence-electron chi connectivity index (χ3n) is 3.31. The van der Waals surface area contributed by atoms with Crippen LogP contribution in [0.2, 0.25) is 5.02 Å². The lowest BCUT2D eigenvalue weighted by atomic mass is 10.0. The predicted molar refractivity (Wildman–Crippen MR) is 71.4 cm³/mol. The van der Waals surface area contributed by atoms with Crippen LogP contribution in [0.4, 0.5) is 18.9 Å². The van der Waals surface area contributed by atoms with Crippen molar-refractivity contribution in [1.29, 1.82) is 0 Å². The SMILES string of the molecule is Nc1c(Cl)cc(C(O)CNCC2CC2)cc1C(F)(F)F. The Morgan fingerprint density at radius 1 is 1.40 bits per heavy atom. The van der Waals surface area contributed by atoms with Gasteiger partial charge in [-0.15, -0.1) is 0 Å². The minimum absolute atomic E-state index is 0.111. The summed E-state index contributed by atoms with van der Waals surface area (Å²) in [7, 11) is 0. The molecule has 1 aliphatic rings. The summed E-state index contributed by atoms with van der Waals surface area (Å²) >= 11 is 5.71. The Morgan fingerprint density at radius 2 is 2.05 bits per heavy atom. The largest absolute Gasteiger partial charge is 0.418 e. The van der Waals surface area contributed by atoms with Crippen LogP contribution in [0.15, 0.2) is 12.1 Å². The zero-order chi connectivity index (χ0) is 14.9. The maximum atomic E-state index is 12.8. The predicted octanol–water partition coefficient (Wildman–Crippen LogP) is 2.97. The fraction of sp³-hybridized carbons (Fsp3) is 0.538. The Morgan fingerprint density at radius 3 is 2.60 bits per heavy atom. The lowest BCUT2D eigenvalue weighted by Crippen LogP contribution is -2.24. The third-order valence-corrected chi connectivity index (χ3v) is 3.62. The summed E-state index contributed by atoms with van der Waals surface area (Å²) in [5, 5.41) is 12.8. The highest BCUT2D eigenvalue weighted by Gasteiger charge is 2.34. The van der Waals surface area contributed by atoms with Crippen LogP contribution in [0.3, 0.4) is 0 Å². The zero-order valence-corrected chi connectivity index (χ0v) is 11.4. The van der Waals surface area contributed by atoms with E-state index < -0.39 is 23.5 Å². The summed E-state index contributed by atoms with van der Waals surface area (Å²) in [6.45, 7) is 0.958. The molecule has 7 heteroatoms. The smallest absolute Gasteiger partial charge is 0.397 e. The molecule has 0 aliphatic heterocycles. The molecule has 1 fully saturated rings. The second-order valence-electron chi connectivity index (χ2n) is 5.08. The molecule has 20 heavy (non-hydrogen) atoms. The Kier molecular flexibility index (Phi) is 4.46. The van der Waals surface area contributed by atoms with Gasteiger partial charge in [0, 0.05) is 6.54 Å². The van der Waals surface area contributed by atoms with Gasteiger partial charge in [-0.3, -0.25) is 0 Å². The highest BCUT2D eigenvalue weighted by Crippen LogP contribution is 2.38. The molecule has 2 rings (SSSR count). The van der Waals surface area contributed by atoms with Crippen LogP contribution in [0, 0.1) is 5.92 Å². The van der Waals surface area contributed by atoms with Crippen molar-refractivity contribution < 1.29 is 18.3 Å². The van der Waals surface area contributed by atoms with Gasteiger partial charge < -0.3 is 16.2 Å². The average molecular weight is 309 g/mol. The molecule has 0 bridgehead atoms. The monoisotopic (exact) mass is 308 g/mol. The van der Waals surface area contributed by atoms with Gasteiger partial charge in [-0.2, -0.15) is 13.2 Å². The summed E-state index contributed by atoms with van der Waals surface area (Å²) in [6, 6.07) is 2.13. The molecule has 1 unspecified atom stereocenters. The first-order valence-corrected chi connectivity index (χ1v) is 6.71. The van der Waals surface area contributed by atoms with E-state index in [0.29, 0.717) is 5.92 Å². The summed E-state index contributed by atoms with van der Waals surface area (Å²) in [4.78, 5) is 0. The van der Waals surface area contributed by atoms with Crippen LogP contribution in [0.5, 0.6) is 0 Å². The van der Waals surface area contributed by atoms with Gasteiger partial charge in [0.1, 0.15) is 0 Å². The normalized spacial score (nSPS) is 17.2. The number of hydrogen-bond donors (Lipinski definition) is 3. The van der Waals surface area contributed by atoms with E-state index in [-0.39, 0.29) is 17.1 Å². The molecular weight excluding hydrogens is 293 g/mol. The van der Waals surface area contributed by atoms with Crippen molar-refractivity contribution in [3.63, 3.8) is 0 Å². The number of halogens is 4. The van der Waals surface area contributed by atoms with Gasteiger partial charge in [0.15, 0.2) is 0 Å². The number of nitrogens with one attached hydrogen (secondary N) is 1. The van der Waals surface area contributed by atoms with Crippen LogP contribution < -0.4 is 11.1 Å². The number of nitrogens with two attached hydrogens (primary N) is 1. The molecule has 1 aromatic carbocycles. The highest BCUT2D eigenvalue weighted by molar-refractivity contribution is 6.33. The van der Waals surface area contributed by atoms with E-state index in [9.17, 15) is 18.3 Å². The second-order valence-corrected chi connectivity index (χ2v) is 5.49. The van der Waals surface area contributed by atoms with E-state index in [1.165, 1.54) is 6.07 Å². The van der Waals surface area contributed by atoms with Gasteiger partial charge in [-0.05, 0) is 43.0 Å². The zero-order valence-electron chi connectivity index (χ0n) is 10.7. The van der Waals surface area contributed by atoms with Crippen molar-refractivity contribution in [2.45, 2.75) is 25.1 Å². The average Bonchev–Trinajstić information content (AvgIpc) is 3.14. The first-order valence-electron chi connectivity index (χ1n) is 6.34. The van der Waals surface area contributed by atoms with Crippen molar-refractivity contribution in [3.8, 4) is 0 Å². The molecule has 0 radical (unpaired) electrons. The number of nitrogen functional groups attached to an aromatic ring is 1. The minimum Gasteiger partial charge on any atom is -0.397 e. The number of aliphatic hydroxyl groups excluding tert-OH is 1. The van der Waals surface area contributed by atoms with Crippen LogP contribution in [-0.4, -0.2) is 18.2 Å². The van der Waals surface area contributed by atoms with E-state index in [1.807, 2.05) is 0 Å². The van der Waals surface area contributed by atoms with Crippen molar-refractivity contribution in [2.24, 2.45) is 5.92 Å². The lowest BCUT2D eigenvalue weighted by Gasteiger charge is -2.17. The van der Waals surface area contributed by atoms with Crippen molar-refractivity contribution in [2.75, 3.05) is 18.8 Å². The van der Waals surface area contributed by atoms with E-state index in [4.69, 9.17) is 17.3 Å². The fourth-order valence-corrected chi connectivity index (χ4v) is 2.16. The Balaban J connectivity index is 2.11. The summed E-state index contributed by atoms with van der Waals surface area (Å²) < 4.78 is 38.4. The molecule has 0 saturated heterocycles. The summed E-state index contributed by atoms with van der Waals surface area (Å²) in [5.74, 6) is 0.628. The van der Waals surface area contributed by atoms with Crippen molar-refractivity contribution in [1.82, 2.24) is 5.32 Å². The van der Waals surface area contributed by atoms with Crippen LogP contribution >= 0.6 is 11.6 Å². The quantitative estimate of drug-likeness (QED) is 0.733. The molecule has 1 aliphatic carbocycles. The van der Waals surface area contributed by atoms with Gasteiger partial charge >= 0.3 is 6.18 Å². The number of aliphatic hydroxyl groups is 1. The Labute approximate surface area is 119 Å². The second kappa shape index (κ2) is 5.79. The molecule has 1 aromatic rings. The third kappa shape index (κ3) is 3.77. The molecule has 0 spiro atoms. The highest BCUT2D eigenvalue weighted by atomic mass is 35.5. The van der Waals surface area contributed by atoms with Crippen LogP contribution in [-0.2, 0) is 6.18 Å². The Hall–Kier alpha value is -0.980. The standard InChI is InChI=1S/C13H16ClF3N2O/c14-10-4-8(3-9(12(10)18)13(15,16)17)11(20)6-19-5-7-1-2-7/h3-4,7,11,19-20H,1-2,5-6,18H2. The lowest BCUT2D eigenvalue weighted by molar-refractivity contribution is -0.137. The molecule has 0 heterocycles. The minimum atomic E-state index is -4.59. The molecule has 3 nitrogen and oxygen atoms in total. The molecule has 1 saturated carbocycles. The van der Waals surface area contributed by atoms with E-state index in [0.717, 1.165) is 25.5 Å². The number of rotatable bonds is 5. The molecule has 112 valence electrons. The van der Waals surface area contributed by atoms with Crippen molar-refractivity contribution in [3.05, 3.63) is 28.3 Å². The number of anilines is 1. The van der Waals surface area contributed by atoms with Gasteiger partial charge in [0.2, 0.25) is 0 Å². The maximum absolute atomic E-state index is 12.8. The number of hydrogen-bond acceptors (Lipinski definition) is 3. The van der Waals surface area contributed by atoms with Gasteiger partial charge in [0.25, 0.3) is 0 Å². The van der Waals surface area contributed by atoms with E-state index in [2.05, 4.69) is 5.32 Å². The van der Waals surface area contributed by atoms with Crippen LogP contribution in [0.25, 0.3) is 0 Å². The van der Waals surface area contributed by atoms with E-state index >= 15 is 0 Å². The van der Waals surface area contributed by atoms with Gasteiger partial charge in [-0.1, -0.05) is 11.6 Å². The molecule has 4 N–H and O–H groups in total. The number of benzene rings is 1. The summed E-state index contributed by atoms with van der Waals surface area (Å²) in [5.41, 5.74) is 3.92. The fourth-order valence-electron chi connectivity index (χ4n) is 1.93. The van der Waals surface area contributed by atoms with Crippen molar-refractivity contribution >= 4 is 17.3 Å².